The summed E-state index contributed by atoms with van der Waals surface area (Å²) in [6, 6.07) is 11.0. The SMILES string of the molecule is CN(CC(=O)Nc1ccn(Cc2cccnc2)n1)c1ccc(C#N)cn1. The van der Waals surface area contributed by atoms with E-state index in [2.05, 4.69) is 20.4 Å². The maximum absolute atomic E-state index is 12.2. The maximum Gasteiger partial charge on any atom is 0.245 e. The number of amides is 1. The van der Waals surface area contributed by atoms with Crippen LogP contribution in [0.15, 0.2) is 55.1 Å². The Hall–Kier alpha value is -3.73. The van der Waals surface area contributed by atoms with Gasteiger partial charge in [0.2, 0.25) is 5.91 Å². The molecule has 0 saturated heterocycles. The van der Waals surface area contributed by atoms with E-state index in [4.69, 9.17) is 5.26 Å². The quantitative estimate of drug-likeness (QED) is 0.728. The van der Waals surface area contributed by atoms with Gasteiger partial charge in [0.1, 0.15) is 11.9 Å². The van der Waals surface area contributed by atoms with Crippen LogP contribution in [0.5, 0.6) is 0 Å². The zero-order chi connectivity index (χ0) is 18.4. The van der Waals surface area contributed by atoms with Crippen molar-refractivity contribution in [3.05, 3.63) is 66.2 Å². The molecule has 1 amide bonds. The van der Waals surface area contributed by atoms with Crippen molar-refractivity contribution in [2.45, 2.75) is 6.54 Å². The summed E-state index contributed by atoms with van der Waals surface area (Å²) < 4.78 is 1.73. The van der Waals surface area contributed by atoms with Crippen molar-refractivity contribution in [1.29, 1.82) is 5.26 Å². The average Bonchev–Trinajstić information content (AvgIpc) is 3.09. The van der Waals surface area contributed by atoms with Crippen LogP contribution in [0.4, 0.5) is 11.6 Å². The first-order valence-corrected chi connectivity index (χ1v) is 7.93. The summed E-state index contributed by atoms with van der Waals surface area (Å²) in [6.07, 6.45) is 6.77. The van der Waals surface area contributed by atoms with Crippen LogP contribution < -0.4 is 10.2 Å². The number of rotatable bonds is 6. The Labute approximate surface area is 150 Å². The zero-order valence-corrected chi connectivity index (χ0v) is 14.2. The molecule has 0 fully saturated rings. The molecule has 0 aliphatic heterocycles. The number of nitrogens with one attached hydrogen (secondary N) is 1. The molecule has 3 aromatic heterocycles. The summed E-state index contributed by atoms with van der Waals surface area (Å²) in [7, 11) is 1.76. The Morgan fingerprint density at radius 1 is 1.31 bits per heavy atom. The van der Waals surface area contributed by atoms with E-state index >= 15 is 0 Å². The highest BCUT2D eigenvalue weighted by Crippen LogP contribution is 2.10. The topological polar surface area (TPSA) is 99.7 Å². The number of anilines is 2. The second-order valence-corrected chi connectivity index (χ2v) is 5.68. The van der Waals surface area contributed by atoms with Gasteiger partial charge in [-0.3, -0.25) is 14.5 Å². The lowest BCUT2D eigenvalue weighted by Crippen LogP contribution is -2.30. The Balaban J connectivity index is 1.55. The monoisotopic (exact) mass is 347 g/mol. The van der Waals surface area contributed by atoms with Gasteiger partial charge in [0, 0.05) is 37.9 Å². The van der Waals surface area contributed by atoms with Crippen LogP contribution in [0, 0.1) is 11.3 Å². The molecule has 0 aromatic carbocycles. The fourth-order valence-corrected chi connectivity index (χ4v) is 2.35. The molecule has 0 aliphatic carbocycles. The molecule has 8 heteroatoms. The van der Waals surface area contributed by atoms with Crippen LogP contribution in [0.2, 0.25) is 0 Å². The summed E-state index contributed by atoms with van der Waals surface area (Å²) >= 11 is 0. The summed E-state index contributed by atoms with van der Waals surface area (Å²) in [5.74, 6) is 0.895. The van der Waals surface area contributed by atoms with Gasteiger partial charge in [-0.15, -0.1) is 0 Å². The number of nitriles is 1. The lowest BCUT2D eigenvalue weighted by molar-refractivity contribution is -0.114. The number of hydrogen-bond acceptors (Lipinski definition) is 6. The normalized spacial score (nSPS) is 10.2. The molecule has 3 rings (SSSR count). The van der Waals surface area contributed by atoms with Crippen molar-refractivity contribution in [2.24, 2.45) is 0 Å². The molecule has 3 aromatic rings. The van der Waals surface area contributed by atoms with E-state index in [1.807, 2.05) is 18.2 Å². The van der Waals surface area contributed by atoms with Crippen LogP contribution in [0.25, 0.3) is 0 Å². The van der Waals surface area contributed by atoms with E-state index in [1.54, 1.807) is 53.4 Å². The van der Waals surface area contributed by atoms with Crippen LogP contribution in [-0.4, -0.2) is 39.2 Å². The molecule has 1 N–H and O–H groups in total. The fourth-order valence-electron chi connectivity index (χ4n) is 2.35. The first-order chi connectivity index (χ1) is 12.6. The number of carbonyl (C=O) groups excluding carboxylic acids is 1. The first-order valence-electron chi connectivity index (χ1n) is 7.93. The highest BCUT2D eigenvalue weighted by molar-refractivity contribution is 5.93. The van der Waals surface area contributed by atoms with Crippen molar-refractivity contribution in [2.75, 3.05) is 23.8 Å². The van der Waals surface area contributed by atoms with Gasteiger partial charge >= 0.3 is 0 Å². The molecule has 0 radical (unpaired) electrons. The van der Waals surface area contributed by atoms with Crippen molar-refractivity contribution in [3.63, 3.8) is 0 Å². The number of carbonyl (C=O) groups is 1. The molecule has 0 saturated carbocycles. The average molecular weight is 347 g/mol. The third-order valence-corrected chi connectivity index (χ3v) is 3.62. The molecule has 8 nitrogen and oxygen atoms in total. The molecule has 3 heterocycles. The molecule has 0 atom stereocenters. The fraction of sp³-hybridized carbons (Fsp3) is 0.167. The predicted octanol–water partition coefficient (Wildman–Crippen LogP) is 1.67. The first kappa shape index (κ1) is 17.1. The smallest absolute Gasteiger partial charge is 0.245 e. The van der Waals surface area contributed by atoms with Gasteiger partial charge in [0.15, 0.2) is 5.82 Å². The zero-order valence-electron chi connectivity index (χ0n) is 14.2. The van der Waals surface area contributed by atoms with Crippen LogP contribution in [0.1, 0.15) is 11.1 Å². The van der Waals surface area contributed by atoms with Crippen LogP contribution in [0.3, 0.4) is 0 Å². The van der Waals surface area contributed by atoms with E-state index in [9.17, 15) is 4.79 Å². The molecular formula is C18H17N7O. The van der Waals surface area contributed by atoms with Crippen molar-refractivity contribution in [1.82, 2.24) is 19.7 Å². The standard InChI is InChI=1S/C18H17N7O/c1-24(17-5-4-14(9-19)11-21-17)13-18(26)22-16-6-8-25(23-16)12-15-3-2-7-20-10-15/h2-8,10-11H,12-13H2,1H3,(H,22,23,26). The third-order valence-electron chi connectivity index (χ3n) is 3.62. The Morgan fingerprint density at radius 2 is 2.19 bits per heavy atom. The second kappa shape index (κ2) is 7.90. The Bertz CT molecular complexity index is 913. The van der Waals surface area contributed by atoms with E-state index in [0.717, 1.165) is 5.56 Å². The second-order valence-electron chi connectivity index (χ2n) is 5.68. The van der Waals surface area contributed by atoms with Gasteiger partial charge < -0.3 is 10.2 Å². The summed E-state index contributed by atoms with van der Waals surface area (Å²) in [4.78, 5) is 22.1. The van der Waals surface area contributed by atoms with Gasteiger partial charge in [0.25, 0.3) is 0 Å². The molecule has 0 aliphatic rings. The largest absolute Gasteiger partial charge is 0.350 e. The highest BCUT2D eigenvalue weighted by atomic mass is 16.2. The number of nitrogens with zero attached hydrogens (tertiary/aromatic N) is 6. The number of aromatic nitrogens is 4. The van der Waals surface area contributed by atoms with E-state index in [-0.39, 0.29) is 12.5 Å². The lowest BCUT2D eigenvalue weighted by atomic mass is 10.3. The van der Waals surface area contributed by atoms with Crippen molar-refractivity contribution >= 4 is 17.5 Å². The minimum Gasteiger partial charge on any atom is -0.350 e. The summed E-state index contributed by atoms with van der Waals surface area (Å²) in [5.41, 5.74) is 1.51. The Morgan fingerprint density at radius 3 is 2.88 bits per heavy atom. The molecule has 26 heavy (non-hydrogen) atoms. The predicted molar refractivity (Wildman–Crippen MR) is 96.4 cm³/mol. The van der Waals surface area contributed by atoms with Crippen molar-refractivity contribution < 1.29 is 4.79 Å². The Kier molecular flexibility index (Phi) is 5.19. The molecular weight excluding hydrogens is 330 g/mol. The van der Waals surface area contributed by atoms with Gasteiger partial charge in [0.05, 0.1) is 18.7 Å². The van der Waals surface area contributed by atoms with Gasteiger partial charge in [-0.05, 0) is 23.8 Å². The number of pyridine rings is 2. The number of likely N-dealkylation sites (N-methyl/N-ethyl adjacent to an activating group) is 1. The van der Waals surface area contributed by atoms with Gasteiger partial charge in [-0.1, -0.05) is 6.07 Å². The van der Waals surface area contributed by atoms with E-state index < -0.39 is 0 Å². The van der Waals surface area contributed by atoms with Crippen LogP contribution >= 0.6 is 0 Å². The summed E-state index contributed by atoms with van der Waals surface area (Å²) in [5, 5.41) is 15.9. The molecule has 0 unspecified atom stereocenters. The van der Waals surface area contributed by atoms with Crippen LogP contribution in [-0.2, 0) is 11.3 Å². The van der Waals surface area contributed by atoms with E-state index in [0.29, 0.717) is 23.7 Å². The molecule has 0 bridgehead atoms. The summed E-state index contributed by atoms with van der Waals surface area (Å²) in [6.45, 7) is 0.702. The van der Waals surface area contributed by atoms with Crippen molar-refractivity contribution in [3.8, 4) is 6.07 Å². The van der Waals surface area contributed by atoms with Gasteiger partial charge in [-0.25, -0.2) is 4.98 Å². The molecule has 0 spiro atoms. The minimum absolute atomic E-state index is 0.119. The lowest BCUT2D eigenvalue weighted by Gasteiger charge is -2.17. The third kappa shape index (κ3) is 4.42. The minimum atomic E-state index is -0.203. The van der Waals surface area contributed by atoms with E-state index in [1.165, 1.54) is 6.20 Å². The maximum atomic E-state index is 12.2. The van der Waals surface area contributed by atoms with Gasteiger partial charge in [-0.2, -0.15) is 10.4 Å². The molecule has 130 valence electrons. The highest BCUT2D eigenvalue weighted by Gasteiger charge is 2.10. The number of hydrogen-bond donors (Lipinski definition) is 1.